The number of aliphatic hydroxyl groups excluding tert-OH is 2. The van der Waals surface area contributed by atoms with Crippen molar-refractivity contribution in [2.24, 2.45) is 0 Å². The van der Waals surface area contributed by atoms with Gasteiger partial charge in [0.25, 0.3) is 11.7 Å². The molecule has 1 aliphatic rings. The van der Waals surface area contributed by atoms with Crippen LogP contribution in [-0.2, 0) is 9.53 Å². The van der Waals surface area contributed by atoms with E-state index in [1.165, 1.54) is 18.2 Å². The number of carbonyl (C=O) groups excluding carboxylic acids is 3. The van der Waals surface area contributed by atoms with E-state index in [0.717, 1.165) is 0 Å². The second-order valence-electron chi connectivity index (χ2n) is 6.82. The molecule has 2 atom stereocenters. The molecule has 0 spiro atoms. The first kappa shape index (κ1) is 18.9. The van der Waals surface area contributed by atoms with Crippen molar-refractivity contribution in [1.82, 2.24) is 5.32 Å². The van der Waals surface area contributed by atoms with Crippen LogP contribution >= 0.6 is 0 Å². The molecule has 0 saturated heterocycles. The molecular formula is C17H22N2O6. The first-order valence-corrected chi connectivity index (χ1v) is 7.91. The lowest BCUT2D eigenvalue weighted by atomic mass is 9.99. The number of Topliss-reactive ketones (excluding diaryl/α,β-unsaturated/α-hetero) is 1. The van der Waals surface area contributed by atoms with E-state index in [1.807, 2.05) is 0 Å². The van der Waals surface area contributed by atoms with E-state index >= 15 is 0 Å². The number of benzene rings is 1. The quantitative estimate of drug-likeness (QED) is 0.590. The molecule has 2 unspecified atom stereocenters. The number of nitrogens with one attached hydrogen (secondary N) is 2. The Morgan fingerprint density at radius 1 is 1.28 bits per heavy atom. The van der Waals surface area contributed by atoms with Gasteiger partial charge in [0.05, 0.1) is 17.4 Å². The standard InChI is InChI=1S/C17H22N2O6/c1-17(2,3)25-16(24)18-7-6-12(20)13(21)9-4-5-11-10(8-9)14(22)15(23)19-11/h4-5,8,12-13,20-21H,6-7H2,1-3H3,(H,18,24)(H,19,22,23). The van der Waals surface area contributed by atoms with Gasteiger partial charge >= 0.3 is 6.09 Å². The van der Waals surface area contributed by atoms with Crippen molar-refractivity contribution in [3.05, 3.63) is 29.3 Å². The Balaban J connectivity index is 1.91. The third-order valence-electron chi connectivity index (χ3n) is 3.56. The minimum atomic E-state index is -1.26. The molecule has 1 aromatic rings. The van der Waals surface area contributed by atoms with E-state index < -0.39 is 35.6 Å². The van der Waals surface area contributed by atoms with Gasteiger partial charge < -0.3 is 25.6 Å². The Bertz CT molecular complexity index is 695. The summed E-state index contributed by atoms with van der Waals surface area (Å²) in [5.41, 5.74) is 0.242. The van der Waals surface area contributed by atoms with Gasteiger partial charge in [0.1, 0.15) is 11.7 Å². The predicted octanol–water partition coefficient (Wildman–Crippen LogP) is 1.13. The second kappa shape index (κ2) is 7.20. The number of ether oxygens (including phenoxy) is 1. The normalized spacial score (nSPS) is 16.0. The first-order chi connectivity index (χ1) is 11.6. The highest BCUT2D eigenvalue weighted by Crippen LogP contribution is 2.28. The molecule has 136 valence electrons. The summed E-state index contributed by atoms with van der Waals surface area (Å²) in [6.07, 6.45) is -2.94. The van der Waals surface area contributed by atoms with E-state index in [2.05, 4.69) is 10.6 Å². The van der Waals surface area contributed by atoms with Gasteiger partial charge in [0.2, 0.25) is 0 Å². The maximum Gasteiger partial charge on any atom is 0.407 e. The molecule has 1 aromatic carbocycles. The van der Waals surface area contributed by atoms with Crippen molar-refractivity contribution in [3.63, 3.8) is 0 Å². The highest BCUT2D eigenvalue weighted by molar-refractivity contribution is 6.51. The van der Waals surface area contributed by atoms with E-state index in [1.54, 1.807) is 20.8 Å². The van der Waals surface area contributed by atoms with Gasteiger partial charge in [-0.05, 0) is 44.9 Å². The van der Waals surface area contributed by atoms with Crippen LogP contribution in [0.4, 0.5) is 10.5 Å². The van der Waals surface area contributed by atoms with Crippen LogP contribution in [0.15, 0.2) is 18.2 Å². The molecule has 8 nitrogen and oxygen atoms in total. The zero-order valence-electron chi connectivity index (χ0n) is 14.3. The van der Waals surface area contributed by atoms with Crippen molar-refractivity contribution < 1.29 is 29.3 Å². The average molecular weight is 350 g/mol. The number of amides is 2. The Labute approximate surface area is 145 Å². The fraction of sp³-hybridized carbons (Fsp3) is 0.471. The van der Waals surface area contributed by atoms with Gasteiger partial charge in [-0.1, -0.05) is 6.07 Å². The molecule has 0 fully saturated rings. The summed E-state index contributed by atoms with van der Waals surface area (Å²) in [6.45, 7) is 5.32. The Morgan fingerprint density at radius 2 is 1.96 bits per heavy atom. The molecule has 8 heteroatoms. The number of aliphatic hydroxyl groups is 2. The van der Waals surface area contributed by atoms with Crippen LogP contribution in [-0.4, -0.2) is 46.2 Å². The lowest BCUT2D eigenvalue weighted by Gasteiger charge is -2.21. The summed E-state index contributed by atoms with van der Waals surface area (Å²) in [4.78, 5) is 34.5. The molecule has 0 aliphatic carbocycles. The molecule has 0 bridgehead atoms. The Morgan fingerprint density at radius 3 is 2.60 bits per heavy atom. The largest absolute Gasteiger partial charge is 0.444 e. The molecule has 0 saturated carbocycles. The summed E-state index contributed by atoms with van der Waals surface area (Å²) < 4.78 is 5.07. The van der Waals surface area contributed by atoms with E-state index in [0.29, 0.717) is 11.3 Å². The first-order valence-electron chi connectivity index (χ1n) is 7.91. The molecule has 1 heterocycles. The molecule has 2 rings (SSSR count). The lowest BCUT2D eigenvalue weighted by molar-refractivity contribution is -0.112. The second-order valence-corrected chi connectivity index (χ2v) is 6.82. The fourth-order valence-electron chi connectivity index (χ4n) is 2.36. The number of alkyl carbamates (subject to hydrolysis) is 1. The summed E-state index contributed by atoms with van der Waals surface area (Å²) in [5.74, 6) is -1.39. The SMILES string of the molecule is CC(C)(C)OC(=O)NCCC(O)C(O)c1ccc2c(c1)C(=O)C(=O)N2. The molecule has 0 radical (unpaired) electrons. The number of anilines is 1. The van der Waals surface area contributed by atoms with Crippen LogP contribution in [0, 0.1) is 0 Å². The fourth-order valence-corrected chi connectivity index (χ4v) is 2.36. The van der Waals surface area contributed by atoms with Crippen molar-refractivity contribution in [3.8, 4) is 0 Å². The number of carbonyl (C=O) groups is 3. The van der Waals surface area contributed by atoms with Gasteiger partial charge in [-0.3, -0.25) is 9.59 Å². The molecule has 4 N–H and O–H groups in total. The number of fused-ring (bicyclic) bond motifs is 1. The van der Waals surface area contributed by atoms with Crippen LogP contribution in [0.25, 0.3) is 0 Å². The summed E-state index contributed by atoms with van der Waals surface area (Å²) in [5, 5.41) is 25.2. The lowest BCUT2D eigenvalue weighted by Crippen LogP contribution is -2.34. The molecular weight excluding hydrogens is 328 g/mol. The number of hydrogen-bond donors (Lipinski definition) is 4. The molecule has 25 heavy (non-hydrogen) atoms. The van der Waals surface area contributed by atoms with Gasteiger partial charge in [0, 0.05) is 6.54 Å². The Kier molecular flexibility index (Phi) is 5.44. The molecule has 0 aromatic heterocycles. The van der Waals surface area contributed by atoms with Crippen molar-refractivity contribution in [2.75, 3.05) is 11.9 Å². The monoisotopic (exact) mass is 350 g/mol. The topological polar surface area (TPSA) is 125 Å². The minimum Gasteiger partial charge on any atom is -0.444 e. The van der Waals surface area contributed by atoms with Crippen LogP contribution in [0.2, 0.25) is 0 Å². The smallest absolute Gasteiger partial charge is 0.407 e. The van der Waals surface area contributed by atoms with Gasteiger partial charge in [-0.25, -0.2) is 4.79 Å². The van der Waals surface area contributed by atoms with Gasteiger partial charge in [-0.15, -0.1) is 0 Å². The van der Waals surface area contributed by atoms with Crippen LogP contribution < -0.4 is 10.6 Å². The van der Waals surface area contributed by atoms with Crippen LogP contribution in [0.3, 0.4) is 0 Å². The van der Waals surface area contributed by atoms with E-state index in [-0.39, 0.29) is 18.5 Å². The summed E-state index contributed by atoms with van der Waals surface area (Å²) in [6, 6.07) is 4.40. The van der Waals surface area contributed by atoms with Crippen LogP contribution in [0.1, 0.15) is 49.2 Å². The third kappa shape index (κ3) is 4.77. The number of rotatable bonds is 5. The van der Waals surface area contributed by atoms with E-state index in [4.69, 9.17) is 4.74 Å². The zero-order valence-corrected chi connectivity index (χ0v) is 14.3. The Hall–Kier alpha value is -2.45. The van der Waals surface area contributed by atoms with Crippen molar-refractivity contribution in [1.29, 1.82) is 0 Å². The third-order valence-corrected chi connectivity index (χ3v) is 3.56. The van der Waals surface area contributed by atoms with Gasteiger partial charge in [-0.2, -0.15) is 0 Å². The summed E-state index contributed by atoms with van der Waals surface area (Å²) in [7, 11) is 0. The number of ketones is 1. The zero-order chi connectivity index (χ0) is 18.8. The highest BCUT2D eigenvalue weighted by atomic mass is 16.6. The average Bonchev–Trinajstić information content (AvgIpc) is 2.79. The predicted molar refractivity (Wildman–Crippen MR) is 89.2 cm³/mol. The van der Waals surface area contributed by atoms with Gasteiger partial charge in [0.15, 0.2) is 0 Å². The summed E-state index contributed by atoms with van der Waals surface area (Å²) >= 11 is 0. The highest BCUT2D eigenvalue weighted by Gasteiger charge is 2.29. The molecule has 1 aliphatic heterocycles. The maximum atomic E-state index is 11.7. The van der Waals surface area contributed by atoms with Crippen LogP contribution in [0.5, 0.6) is 0 Å². The minimum absolute atomic E-state index is 0.0859. The van der Waals surface area contributed by atoms with Crippen molar-refractivity contribution >= 4 is 23.5 Å². The number of hydrogen-bond acceptors (Lipinski definition) is 6. The molecule has 2 amide bonds. The maximum absolute atomic E-state index is 11.7. The van der Waals surface area contributed by atoms with E-state index in [9.17, 15) is 24.6 Å². The van der Waals surface area contributed by atoms with Crippen molar-refractivity contribution in [2.45, 2.75) is 45.0 Å².